The average molecular weight is 420 g/mol. The minimum atomic E-state index is -4.39. The van der Waals surface area contributed by atoms with Gasteiger partial charge in [-0.1, -0.05) is 12.1 Å². The molecule has 8 heteroatoms. The molecule has 2 aromatic rings. The van der Waals surface area contributed by atoms with Gasteiger partial charge in [-0.05, 0) is 56.5 Å². The van der Waals surface area contributed by atoms with Crippen molar-refractivity contribution in [1.82, 2.24) is 9.88 Å². The molecule has 1 aromatic heterocycles. The van der Waals surface area contributed by atoms with Gasteiger partial charge in [-0.3, -0.25) is 9.69 Å². The zero-order valence-corrected chi connectivity index (χ0v) is 17.5. The monoisotopic (exact) mass is 420 g/mol. The molecule has 2 heterocycles. The van der Waals surface area contributed by atoms with Crippen molar-refractivity contribution in [3.63, 3.8) is 0 Å². The quantitative estimate of drug-likeness (QED) is 0.803. The highest BCUT2D eigenvalue weighted by atomic mass is 19.4. The summed E-state index contributed by atoms with van der Waals surface area (Å²) in [5.74, 6) is 0.460. The van der Waals surface area contributed by atoms with Crippen molar-refractivity contribution in [2.24, 2.45) is 0 Å². The van der Waals surface area contributed by atoms with Crippen molar-refractivity contribution < 1.29 is 18.0 Å². The largest absolute Gasteiger partial charge is 0.417 e. The van der Waals surface area contributed by atoms with Gasteiger partial charge < -0.3 is 10.2 Å². The Morgan fingerprint density at radius 3 is 2.53 bits per heavy atom. The summed E-state index contributed by atoms with van der Waals surface area (Å²) in [6.07, 6.45) is -2.72. The highest BCUT2D eigenvalue weighted by Crippen LogP contribution is 2.29. The van der Waals surface area contributed by atoms with E-state index in [4.69, 9.17) is 0 Å². The predicted octanol–water partition coefficient (Wildman–Crippen LogP) is 4.26. The van der Waals surface area contributed by atoms with Crippen molar-refractivity contribution in [2.45, 2.75) is 39.4 Å². The number of halogens is 3. The fourth-order valence-electron chi connectivity index (χ4n) is 3.57. The van der Waals surface area contributed by atoms with Crippen LogP contribution in [-0.2, 0) is 11.0 Å². The molecular formula is C22H27F3N4O. The molecular weight excluding hydrogens is 393 g/mol. The van der Waals surface area contributed by atoms with Crippen LogP contribution in [0.25, 0.3) is 0 Å². The summed E-state index contributed by atoms with van der Waals surface area (Å²) in [7, 11) is 0. The molecule has 1 amide bonds. The van der Waals surface area contributed by atoms with Crippen LogP contribution in [-0.4, -0.2) is 48.0 Å². The van der Waals surface area contributed by atoms with Crippen LogP contribution < -0.4 is 10.2 Å². The van der Waals surface area contributed by atoms with Gasteiger partial charge >= 0.3 is 6.18 Å². The van der Waals surface area contributed by atoms with Crippen LogP contribution in [0.1, 0.15) is 30.0 Å². The molecule has 1 N–H and O–H groups in total. The summed E-state index contributed by atoms with van der Waals surface area (Å²) in [6.45, 7) is 8.46. The first-order chi connectivity index (χ1) is 14.1. The number of anilines is 2. The van der Waals surface area contributed by atoms with E-state index in [1.807, 2.05) is 43.9 Å². The predicted molar refractivity (Wildman–Crippen MR) is 112 cm³/mol. The SMILES string of the molecule is Cc1ccc(C)c(NC(=O)C(C)N2CCCN(c3ccc(C(F)(F)F)cn3)CC2)c1. The summed E-state index contributed by atoms with van der Waals surface area (Å²) < 4.78 is 38.2. The molecule has 1 saturated heterocycles. The number of nitrogens with one attached hydrogen (secondary N) is 1. The number of aromatic nitrogens is 1. The summed E-state index contributed by atoms with van der Waals surface area (Å²) in [6, 6.07) is 8.11. The van der Waals surface area contributed by atoms with Gasteiger partial charge in [0, 0.05) is 38.1 Å². The molecule has 0 radical (unpaired) electrons. The number of carbonyl (C=O) groups excluding carboxylic acids is 1. The van der Waals surface area contributed by atoms with Gasteiger partial charge in [0.1, 0.15) is 5.82 Å². The first-order valence-electron chi connectivity index (χ1n) is 10.1. The van der Waals surface area contributed by atoms with E-state index in [1.54, 1.807) is 0 Å². The van der Waals surface area contributed by atoms with E-state index in [-0.39, 0.29) is 11.9 Å². The zero-order valence-electron chi connectivity index (χ0n) is 17.5. The van der Waals surface area contributed by atoms with E-state index in [9.17, 15) is 18.0 Å². The molecule has 1 aromatic carbocycles. The van der Waals surface area contributed by atoms with Gasteiger partial charge in [0.2, 0.25) is 5.91 Å². The van der Waals surface area contributed by atoms with E-state index in [0.717, 1.165) is 42.0 Å². The maximum atomic E-state index is 12.8. The highest BCUT2D eigenvalue weighted by molar-refractivity contribution is 5.95. The Morgan fingerprint density at radius 1 is 1.10 bits per heavy atom. The molecule has 1 atom stereocenters. The number of pyridine rings is 1. The molecule has 1 fully saturated rings. The Bertz CT molecular complexity index is 883. The van der Waals surface area contributed by atoms with Crippen LogP contribution in [0.3, 0.4) is 0 Å². The fraction of sp³-hybridized carbons (Fsp3) is 0.455. The third-order valence-corrected chi connectivity index (χ3v) is 5.51. The van der Waals surface area contributed by atoms with Crippen LogP contribution in [0, 0.1) is 13.8 Å². The fourth-order valence-corrected chi connectivity index (χ4v) is 3.57. The smallest absolute Gasteiger partial charge is 0.355 e. The second-order valence-corrected chi connectivity index (χ2v) is 7.76. The van der Waals surface area contributed by atoms with Crippen molar-refractivity contribution in [2.75, 3.05) is 36.4 Å². The number of rotatable bonds is 4. The maximum Gasteiger partial charge on any atom is 0.417 e. The zero-order chi connectivity index (χ0) is 21.9. The number of hydrogen-bond donors (Lipinski definition) is 1. The second-order valence-electron chi connectivity index (χ2n) is 7.76. The Hall–Kier alpha value is -2.61. The standard InChI is InChI=1S/C22H27F3N4O/c1-15-5-6-16(2)19(13-15)27-21(30)17(3)28-9-4-10-29(12-11-28)20-8-7-18(14-26-20)22(23,24)25/h5-8,13-14,17H,4,9-12H2,1-3H3,(H,27,30). The summed E-state index contributed by atoms with van der Waals surface area (Å²) >= 11 is 0. The molecule has 1 aliphatic rings. The number of alkyl halides is 3. The lowest BCUT2D eigenvalue weighted by molar-refractivity contribution is -0.137. The molecule has 0 spiro atoms. The van der Waals surface area contributed by atoms with Crippen LogP contribution >= 0.6 is 0 Å². The van der Waals surface area contributed by atoms with E-state index >= 15 is 0 Å². The first-order valence-corrected chi connectivity index (χ1v) is 10.1. The molecule has 1 aliphatic heterocycles. The molecule has 162 valence electrons. The minimum Gasteiger partial charge on any atom is -0.355 e. The summed E-state index contributed by atoms with van der Waals surface area (Å²) in [4.78, 5) is 20.9. The lowest BCUT2D eigenvalue weighted by Gasteiger charge is -2.27. The van der Waals surface area contributed by atoms with Crippen molar-refractivity contribution >= 4 is 17.4 Å². The van der Waals surface area contributed by atoms with Crippen LogP contribution in [0.4, 0.5) is 24.7 Å². The topological polar surface area (TPSA) is 48.5 Å². The van der Waals surface area contributed by atoms with Gasteiger partial charge in [0.15, 0.2) is 0 Å². The second kappa shape index (κ2) is 9.04. The lowest BCUT2D eigenvalue weighted by Crippen LogP contribution is -2.44. The lowest BCUT2D eigenvalue weighted by atomic mass is 10.1. The first kappa shape index (κ1) is 22.1. The minimum absolute atomic E-state index is 0.0650. The Labute approximate surface area is 174 Å². The van der Waals surface area contributed by atoms with Crippen LogP contribution in [0.15, 0.2) is 36.5 Å². The molecule has 0 aliphatic carbocycles. The van der Waals surface area contributed by atoms with E-state index in [1.165, 1.54) is 6.07 Å². The van der Waals surface area contributed by atoms with Crippen molar-refractivity contribution in [3.05, 3.63) is 53.2 Å². The normalized spacial score (nSPS) is 16.8. The van der Waals surface area contributed by atoms with E-state index in [0.29, 0.717) is 25.5 Å². The van der Waals surface area contributed by atoms with Crippen molar-refractivity contribution in [1.29, 1.82) is 0 Å². The van der Waals surface area contributed by atoms with Gasteiger partial charge in [0.05, 0.1) is 11.6 Å². The Kier molecular flexibility index (Phi) is 6.65. The number of carbonyl (C=O) groups is 1. The number of hydrogen-bond acceptors (Lipinski definition) is 4. The molecule has 0 bridgehead atoms. The molecule has 0 saturated carbocycles. The summed E-state index contributed by atoms with van der Waals surface area (Å²) in [5.41, 5.74) is 2.16. The molecule has 1 unspecified atom stereocenters. The number of nitrogens with zero attached hydrogens (tertiary/aromatic N) is 3. The van der Waals surface area contributed by atoms with E-state index < -0.39 is 11.7 Å². The number of benzene rings is 1. The maximum absolute atomic E-state index is 12.8. The third kappa shape index (κ3) is 5.30. The number of aryl methyl sites for hydroxylation is 2. The van der Waals surface area contributed by atoms with Crippen molar-refractivity contribution in [3.8, 4) is 0 Å². The Balaban J connectivity index is 1.61. The van der Waals surface area contributed by atoms with E-state index in [2.05, 4.69) is 15.2 Å². The number of amides is 1. The van der Waals surface area contributed by atoms with Gasteiger partial charge in [-0.15, -0.1) is 0 Å². The van der Waals surface area contributed by atoms with Crippen LogP contribution in [0.5, 0.6) is 0 Å². The average Bonchev–Trinajstić information content (AvgIpc) is 2.96. The molecule has 30 heavy (non-hydrogen) atoms. The summed E-state index contributed by atoms with van der Waals surface area (Å²) in [5, 5.41) is 3.02. The van der Waals surface area contributed by atoms with Gasteiger partial charge in [-0.2, -0.15) is 13.2 Å². The van der Waals surface area contributed by atoms with Gasteiger partial charge in [-0.25, -0.2) is 4.98 Å². The van der Waals surface area contributed by atoms with Gasteiger partial charge in [0.25, 0.3) is 0 Å². The molecule has 5 nitrogen and oxygen atoms in total. The highest BCUT2D eigenvalue weighted by Gasteiger charge is 2.31. The Morgan fingerprint density at radius 2 is 1.87 bits per heavy atom. The molecule has 3 rings (SSSR count). The third-order valence-electron chi connectivity index (χ3n) is 5.51. The van der Waals surface area contributed by atoms with Crippen LogP contribution in [0.2, 0.25) is 0 Å².